The number of nitrogen functional groups attached to an aromatic ring is 1. The first-order valence-electron chi connectivity index (χ1n) is 9.62. The van der Waals surface area contributed by atoms with Gasteiger partial charge in [0.15, 0.2) is 0 Å². The fourth-order valence-corrected chi connectivity index (χ4v) is 3.54. The summed E-state index contributed by atoms with van der Waals surface area (Å²) < 4.78 is 5.90. The van der Waals surface area contributed by atoms with Crippen LogP contribution in [0.5, 0.6) is 5.75 Å². The highest BCUT2D eigenvalue weighted by atomic mass is 16.5. The van der Waals surface area contributed by atoms with Crippen LogP contribution < -0.4 is 11.5 Å². The zero-order valence-corrected chi connectivity index (χ0v) is 16.6. The number of carbonyl (C=O) groups excluding carboxylic acids is 1. The number of aromatic amines is 1. The van der Waals surface area contributed by atoms with Crippen molar-refractivity contribution in [3.63, 3.8) is 0 Å². The van der Waals surface area contributed by atoms with Crippen molar-refractivity contribution in [3.8, 4) is 5.75 Å². The largest absolute Gasteiger partial charge is 0.507 e. The van der Waals surface area contributed by atoms with Crippen LogP contribution in [-0.4, -0.2) is 47.2 Å². The zero-order chi connectivity index (χ0) is 21.0. The third kappa shape index (κ3) is 4.81. The summed E-state index contributed by atoms with van der Waals surface area (Å²) in [5.74, 6) is 0.770. The van der Waals surface area contributed by atoms with Gasteiger partial charge >= 0.3 is 0 Å². The average molecular weight is 396 g/mol. The van der Waals surface area contributed by atoms with Crippen LogP contribution in [0.15, 0.2) is 43.0 Å². The number of phenolic OH excluding ortho intramolecular Hbond substituents is 1. The second-order valence-electron chi connectivity index (χ2n) is 7.35. The smallest absolute Gasteiger partial charge is 0.245 e. The van der Waals surface area contributed by atoms with Crippen LogP contribution in [0.1, 0.15) is 35.6 Å². The van der Waals surface area contributed by atoms with Crippen molar-refractivity contribution in [1.29, 1.82) is 0 Å². The Morgan fingerprint density at radius 2 is 2.21 bits per heavy atom. The predicted molar refractivity (Wildman–Crippen MR) is 115 cm³/mol. The van der Waals surface area contributed by atoms with E-state index in [-0.39, 0.29) is 23.7 Å². The number of aromatic hydroxyl groups is 1. The first-order valence-corrected chi connectivity index (χ1v) is 9.62. The number of nitrogens with two attached hydrogens (primary N) is 2. The molecule has 2 unspecified atom stereocenters. The van der Waals surface area contributed by atoms with Gasteiger partial charge in [0.1, 0.15) is 11.6 Å². The van der Waals surface area contributed by atoms with E-state index in [0.717, 1.165) is 24.1 Å². The molecule has 1 aromatic heterocycles. The van der Waals surface area contributed by atoms with Gasteiger partial charge in [0.25, 0.3) is 0 Å². The predicted octanol–water partition coefficient (Wildman–Crippen LogP) is 2.67. The van der Waals surface area contributed by atoms with Gasteiger partial charge in [-0.25, -0.2) is 0 Å². The molecule has 0 radical (unpaired) electrons. The lowest BCUT2D eigenvalue weighted by Gasteiger charge is -2.17. The number of rotatable bonds is 7. The average Bonchev–Trinajstić information content (AvgIpc) is 3.32. The van der Waals surface area contributed by atoms with E-state index in [1.54, 1.807) is 36.2 Å². The van der Waals surface area contributed by atoms with E-state index in [2.05, 4.69) is 11.6 Å². The van der Waals surface area contributed by atoms with Gasteiger partial charge in [-0.15, -0.1) is 0 Å². The van der Waals surface area contributed by atoms with Gasteiger partial charge in [0.2, 0.25) is 5.91 Å². The number of H-pyrrole nitrogens is 1. The van der Waals surface area contributed by atoms with Crippen LogP contribution in [0.2, 0.25) is 0 Å². The van der Waals surface area contributed by atoms with Gasteiger partial charge in [-0.2, -0.15) is 0 Å². The molecule has 1 saturated heterocycles. The standard InChI is InChI=1S/C22H28N4O3/c1-3-21(28)26(2)9-8-16-10-15(13-29-16)19-12-14(22(24)25-19)11-18(23)17-6-4-5-7-20(17)27/h3-7,11-12,15-16,25,27H,1,8-10,13,23-24H2,2H3/b18-11-. The minimum atomic E-state index is -0.0878. The van der Waals surface area contributed by atoms with Crippen molar-refractivity contribution < 1.29 is 14.6 Å². The van der Waals surface area contributed by atoms with E-state index in [4.69, 9.17) is 16.2 Å². The third-order valence-corrected chi connectivity index (χ3v) is 5.28. The summed E-state index contributed by atoms with van der Waals surface area (Å²) in [6, 6.07) is 8.90. The van der Waals surface area contributed by atoms with Crippen molar-refractivity contribution in [3.05, 3.63) is 59.8 Å². The summed E-state index contributed by atoms with van der Waals surface area (Å²) in [6.45, 7) is 4.73. The lowest BCUT2D eigenvalue weighted by Crippen LogP contribution is -2.28. The molecule has 7 nitrogen and oxygen atoms in total. The highest BCUT2D eigenvalue weighted by Crippen LogP contribution is 2.33. The maximum atomic E-state index is 11.6. The van der Waals surface area contributed by atoms with Gasteiger partial charge in [0, 0.05) is 42.0 Å². The Kier molecular flexibility index (Phi) is 6.29. The molecule has 2 atom stereocenters. The van der Waals surface area contributed by atoms with Crippen LogP contribution in [0.3, 0.4) is 0 Å². The Labute approximate surface area is 170 Å². The fourth-order valence-electron chi connectivity index (χ4n) is 3.54. The lowest BCUT2D eigenvalue weighted by molar-refractivity contribution is -0.125. The Bertz CT molecular complexity index is 919. The number of ether oxygens (including phenoxy) is 1. The van der Waals surface area contributed by atoms with E-state index in [1.165, 1.54) is 6.08 Å². The van der Waals surface area contributed by atoms with Crippen molar-refractivity contribution in [2.75, 3.05) is 25.9 Å². The van der Waals surface area contributed by atoms with Crippen molar-refractivity contribution in [2.45, 2.75) is 24.9 Å². The Morgan fingerprint density at radius 3 is 2.93 bits per heavy atom. The molecule has 2 aromatic rings. The molecule has 6 N–H and O–H groups in total. The summed E-state index contributed by atoms with van der Waals surface area (Å²) in [7, 11) is 1.76. The molecule has 1 amide bonds. The highest BCUT2D eigenvalue weighted by molar-refractivity contribution is 5.86. The molecular weight excluding hydrogens is 368 g/mol. The van der Waals surface area contributed by atoms with Gasteiger partial charge in [-0.1, -0.05) is 18.7 Å². The summed E-state index contributed by atoms with van der Waals surface area (Å²) in [5.41, 5.74) is 15.1. The number of carbonyl (C=O) groups is 1. The highest BCUT2D eigenvalue weighted by Gasteiger charge is 2.28. The topological polar surface area (TPSA) is 118 Å². The molecule has 1 fully saturated rings. The molecule has 7 heteroatoms. The molecule has 0 aliphatic carbocycles. The quantitative estimate of drug-likeness (QED) is 0.537. The van der Waals surface area contributed by atoms with Crippen LogP contribution in [-0.2, 0) is 9.53 Å². The monoisotopic (exact) mass is 396 g/mol. The maximum absolute atomic E-state index is 11.6. The second kappa shape index (κ2) is 8.87. The minimum Gasteiger partial charge on any atom is -0.507 e. The van der Waals surface area contributed by atoms with Gasteiger partial charge in [0.05, 0.1) is 12.7 Å². The number of nitrogens with zero attached hydrogens (tertiary/aromatic N) is 1. The minimum absolute atomic E-state index is 0.0878. The number of amides is 1. The number of likely N-dealkylation sites (N-methyl/N-ethyl adjacent to an activating group) is 1. The van der Waals surface area contributed by atoms with Gasteiger partial charge in [-0.3, -0.25) is 4.79 Å². The summed E-state index contributed by atoms with van der Waals surface area (Å²) in [5, 5.41) is 9.97. The first-order chi connectivity index (χ1) is 13.9. The Balaban J connectivity index is 1.65. The summed E-state index contributed by atoms with van der Waals surface area (Å²) in [4.78, 5) is 16.4. The van der Waals surface area contributed by atoms with Crippen molar-refractivity contribution in [2.24, 2.45) is 5.73 Å². The Morgan fingerprint density at radius 1 is 1.45 bits per heavy atom. The molecule has 3 rings (SSSR count). The molecule has 0 bridgehead atoms. The van der Waals surface area contributed by atoms with Crippen LogP contribution >= 0.6 is 0 Å². The number of anilines is 1. The van der Waals surface area contributed by atoms with E-state index in [9.17, 15) is 9.90 Å². The number of hydrogen-bond donors (Lipinski definition) is 4. The number of benzene rings is 1. The summed E-state index contributed by atoms with van der Waals surface area (Å²) >= 11 is 0. The number of hydrogen-bond acceptors (Lipinski definition) is 5. The van der Waals surface area contributed by atoms with Crippen molar-refractivity contribution in [1.82, 2.24) is 9.88 Å². The number of para-hydroxylation sites is 1. The molecular formula is C22H28N4O3. The number of phenols is 1. The first kappa shape index (κ1) is 20.5. The van der Waals surface area contributed by atoms with E-state index in [1.807, 2.05) is 12.1 Å². The number of aromatic nitrogens is 1. The molecule has 154 valence electrons. The second-order valence-corrected chi connectivity index (χ2v) is 7.35. The molecule has 1 aromatic carbocycles. The van der Waals surface area contributed by atoms with E-state index < -0.39 is 0 Å². The normalized spacial score (nSPS) is 19.3. The molecule has 0 spiro atoms. The van der Waals surface area contributed by atoms with E-state index >= 15 is 0 Å². The molecule has 2 heterocycles. The molecule has 29 heavy (non-hydrogen) atoms. The van der Waals surface area contributed by atoms with Gasteiger partial charge in [-0.05, 0) is 43.2 Å². The van der Waals surface area contributed by atoms with E-state index in [0.29, 0.717) is 30.2 Å². The maximum Gasteiger partial charge on any atom is 0.245 e. The SMILES string of the molecule is C=CC(=O)N(C)CCC1CC(c2cc(/C=C(\N)c3ccccc3O)c(N)[nH]2)CO1. The fraction of sp³-hybridized carbons (Fsp3) is 0.318. The lowest BCUT2D eigenvalue weighted by atomic mass is 10.00. The molecule has 0 saturated carbocycles. The number of nitrogens with one attached hydrogen (secondary N) is 1. The van der Waals surface area contributed by atoms with Crippen LogP contribution in [0.25, 0.3) is 11.8 Å². The van der Waals surface area contributed by atoms with Crippen LogP contribution in [0.4, 0.5) is 5.82 Å². The van der Waals surface area contributed by atoms with Gasteiger partial charge < -0.3 is 31.2 Å². The zero-order valence-electron chi connectivity index (χ0n) is 16.6. The van der Waals surface area contributed by atoms with Crippen LogP contribution in [0, 0.1) is 0 Å². The molecule has 1 aliphatic heterocycles. The Hall–Kier alpha value is -3.19. The van der Waals surface area contributed by atoms with Crippen molar-refractivity contribution >= 4 is 23.5 Å². The molecule has 1 aliphatic rings. The third-order valence-electron chi connectivity index (χ3n) is 5.28. The summed E-state index contributed by atoms with van der Waals surface area (Å²) in [6.07, 6.45) is 4.79.